The molecule has 104 valence electrons. The minimum atomic E-state index is -0.123. The molecule has 0 atom stereocenters. The van der Waals surface area contributed by atoms with Gasteiger partial charge in [0, 0.05) is 6.92 Å². The van der Waals surface area contributed by atoms with Crippen molar-refractivity contribution in [3.8, 4) is 11.5 Å². The van der Waals surface area contributed by atoms with E-state index in [0.29, 0.717) is 18.0 Å². The Morgan fingerprint density at radius 1 is 1.15 bits per heavy atom. The summed E-state index contributed by atoms with van der Waals surface area (Å²) in [6.07, 6.45) is 0. The molecular weight excluding hydrogens is 254 g/mol. The molecule has 0 heterocycles. The van der Waals surface area contributed by atoms with Crippen LogP contribution in [-0.2, 0) is 11.4 Å². The Balaban J connectivity index is 2.08. The lowest BCUT2D eigenvalue weighted by molar-refractivity contribution is -0.114. The number of ether oxygens (including phenoxy) is 2. The van der Waals surface area contributed by atoms with Gasteiger partial charge >= 0.3 is 0 Å². The molecule has 0 unspecified atom stereocenters. The fraction of sp³-hybridized carbons (Fsp3) is 0.188. The van der Waals surface area contributed by atoms with Gasteiger partial charge in [0.05, 0.1) is 12.8 Å². The van der Waals surface area contributed by atoms with Crippen molar-refractivity contribution in [3.05, 3.63) is 54.1 Å². The second-order valence-electron chi connectivity index (χ2n) is 4.32. The molecule has 1 N–H and O–H groups in total. The highest BCUT2D eigenvalue weighted by Crippen LogP contribution is 2.25. The minimum Gasteiger partial charge on any atom is -0.497 e. The van der Waals surface area contributed by atoms with Crippen LogP contribution in [0.4, 0.5) is 5.69 Å². The molecule has 0 bridgehead atoms. The number of hydrogen-bond acceptors (Lipinski definition) is 3. The molecule has 0 fully saturated rings. The van der Waals surface area contributed by atoms with Crippen LogP contribution in [0.25, 0.3) is 0 Å². The summed E-state index contributed by atoms with van der Waals surface area (Å²) in [5.74, 6) is 1.31. The topological polar surface area (TPSA) is 47.6 Å². The molecule has 20 heavy (non-hydrogen) atoms. The van der Waals surface area contributed by atoms with E-state index in [2.05, 4.69) is 5.32 Å². The van der Waals surface area contributed by atoms with Gasteiger partial charge in [0.25, 0.3) is 0 Å². The van der Waals surface area contributed by atoms with Crippen LogP contribution in [0.15, 0.2) is 48.5 Å². The van der Waals surface area contributed by atoms with Gasteiger partial charge in [-0.05, 0) is 29.8 Å². The predicted molar refractivity (Wildman–Crippen MR) is 78.1 cm³/mol. The monoisotopic (exact) mass is 271 g/mol. The van der Waals surface area contributed by atoms with E-state index in [4.69, 9.17) is 9.47 Å². The van der Waals surface area contributed by atoms with Gasteiger partial charge in [-0.3, -0.25) is 4.79 Å². The normalized spacial score (nSPS) is 9.90. The van der Waals surface area contributed by atoms with Crippen LogP contribution in [0, 0.1) is 0 Å². The average Bonchev–Trinajstić information content (AvgIpc) is 2.46. The Hall–Kier alpha value is -2.49. The first-order valence-electron chi connectivity index (χ1n) is 6.31. The fourth-order valence-electron chi connectivity index (χ4n) is 1.81. The first-order valence-corrected chi connectivity index (χ1v) is 6.31. The van der Waals surface area contributed by atoms with Crippen molar-refractivity contribution in [1.82, 2.24) is 0 Å². The van der Waals surface area contributed by atoms with Crippen molar-refractivity contribution < 1.29 is 14.3 Å². The predicted octanol–water partition coefficient (Wildman–Crippen LogP) is 3.23. The number of carbonyl (C=O) groups is 1. The van der Waals surface area contributed by atoms with Crippen LogP contribution < -0.4 is 14.8 Å². The highest BCUT2D eigenvalue weighted by molar-refractivity contribution is 5.90. The summed E-state index contributed by atoms with van der Waals surface area (Å²) in [4.78, 5) is 11.1. The molecule has 0 aliphatic heterocycles. The molecule has 4 heteroatoms. The molecule has 0 aliphatic rings. The summed E-state index contributed by atoms with van der Waals surface area (Å²) < 4.78 is 10.9. The SMILES string of the molecule is COc1cccc(COc2ccccc2NC(C)=O)c1. The van der Waals surface area contributed by atoms with E-state index in [1.165, 1.54) is 6.92 Å². The van der Waals surface area contributed by atoms with E-state index < -0.39 is 0 Å². The number of rotatable bonds is 5. The number of para-hydroxylation sites is 2. The maximum Gasteiger partial charge on any atom is 0.221 e. The maximum absolute atomic E-state index is 11.1. The zero-order chi connectivity index (χ0) is 14.4. The number of benzene rings is 2. The number of amides is 1. The molecule has 0 aliphatic carbocycles. The Kier molecular flexibility index (Phi) is 4.60. The van der Waals surface area contributed by atoms with Crippen molar-refractivity contribution in [1.29, 1.82) is 0 Å². The first kappa shape index (κ1) is 13.9. The number of nitrogens with one attached hydrogen (secondary N) is 1. The minimum absolute atomic E-state index is 0.123. The molecule has 2 aromatic carbocycles. The first-order chi connectivity index (χ1) is 9.69. The second kappa shape index (κ2) is 6.61. The van der Waals surface area contributed by atoms with E-state index in [0.717, 1.165) is 11.3 Å². The Morgan fingerprint density at radius 3 is 2.70 bits per heavy atom. The molecule has 0 aromatic heterocycles. The van der Waals surface area contributed by atoms with Gasteiger partial charge in [-0.1, -0.05) is 24.3 Å². The van der Waals surface area contributed by atoms with Crippen molar-refractivity contribution in [2.45, 2.75) is 13.5 Å². The lowest BCUT2D eigenvalue weighted by Gasteiger charge is -2.12. The van der Waals surface area contributed by atoms with Gasteiger partial charge in [-0.15, -0.1) is 0 Å². The summed E-state index contributed by atoms with van der Waals surface area (Å²) >= 11 is 0. The van der Waals surface area contributed by atoms with Gasteiger partial charge in [-0.25, -0.2) is 0 Å². The van der Waals surface area contributed by atoms with Gasteiger partial charge in [0.2, 0.25) is 5.91 Å². The van der Waals surface area contributed by atoms with Crippen molar-refractivity contribution in [3.63, 3.8) is 0 Å². The summed E-state index contributed by atoms with van der Waals surface area (Å²) in [7, 11) is 1.63. The highest BCUT2D eigenvalue weighted by Gasteiger charge is 2.05. The van der Waals surface area contributed by atoms with E-state index in [-0.39, 0.29) is 5.91 Å². The van der Waals surface area contributed by atoms with Crippen LogP contribution in [-0.4, -0.2) is 13.0 Å². The van der Waals surface area contributed by atoms with E-state index in [9.17, 15) is 4.79 Å². The average molecular weight is 271 g/mol. The number of methoxy groups -OCH3 is 1. The maximum atomic E-state index is 11.1. The van der Waals surface area contributed by atoms with Crippen LogP contribution in [0.5, 0.6) is 11.5 Å². The molecular formula is C16H17NO3. The molecule has 0 spiro atoms. The fourth-order valence-corrected chi connectivity index (χ4v) is 1.81. The second-order valence-corrected chi connectivity index (χ2v) is 4.32. The Morgan fingerprint density at radius 2 is 1.95 bits per heavy atom. The third-order valence-corrected chi connectivity index (χ3v) is 2.73. The lowest BCUT2D eigenvalue weighted by atomic mass is 10.2. The molecule has 0 radical (unpaired) electrons. The van der Waals surface area contributed by atoms with E-state index in [1.807, 2.05) is 48.5 Å². The Labute approximate surface area is 118 Å². The standard InChI is InChI=1S/C16H17NO3/c1-12(18)17-15-8-3-4-9-16(15)20-11-13-6-5-7-14(10-13)19-2/h3-10H,11H2,1-2H3,(H,17,18). The summed E-state index contributed by atoms with van der Waals surface area (Å²) in [5, 5.41) is 2.74. The third kappa shape index (κ3) is 3.75. The highest BCUT2D eigenvalue weighted by atomic mass is 16.5. The molecule has 1 amide bonds. The van der Waals surface area contributed by atoms with Crippen LogP contribution >= 0.6 is 0 Å². The summed E-state index contributed by atoms with van der Waals surface area (Å²) in [6, 6.07) is 15.0. The zero-order valence-corrected chi connectivity index (χ0v) is 11.6. The molecule has 2 rings (SSSR count). The van der Waals surface area contributed by atoms with Gasteiger partial charge in [0.1, 0.15) is 18.1 Å². The van der Waals surface area contributed by atoms with Crippen molar-refractivity contribution in [2.24, 2.45) is 0 Å². The van der Waals surface area contributed by atoms with Gasteiger partial charge in [-0.2, -0.15) is 0 Å². The molecule has 0 saturated carbocycles. The van der Waals surface area contributed by atoms with Crippen molar-refractivity contribution >= 4 is 11.6 Å². The molecule has 2 aromatic rings. The van der Waals surface area contributed by atoms with Crippen LogP contribution in [0.3, 0.4) is 0 Å². The quantitative estimate of drug-likeness (QED) is 0.908. The van der Waals surface area contributed by atoms with Gasteiger partial charge < -0.3 is 14.8 Å². The van der Waals surface area contributed by atoms with Crippen LogP contribution in [0.2, 0.25) is 0 Å². The number of carbonyl (C=O) groups excluding carboxylic acids is 1. The Bertz CT molecular complexity index is 596. The van der Waals surface area contributed by atoms with Gasteiger partial charge in [0.15, 0.2) is 0 Å². The third-order valence-electron chi connectivity index (χ3n) is 2.73. The largest absolute Gasteiger partial charge is 0.497 e. The van der Waals surface area contributed by atoms with Crippen LogP contribution in [0.1, 0.15) is 12.5 Å². The van der Waals surface area contributed by atoms with E-state index in [1.54, 1.807) is 7.11 Å². The smallest absolute Gasteiger partial charge is 0.221 e. The lowest BCUT2D eigenvalue weighted by Crippen LogP contribution is -2.07. The van der Waals surface area contributed by atoms with E-state index >= 15 is 0 Å². The zero-order valence-electron chi connectivity index (χ0n) is 11.6. The summed E-state index contributed by atoms with van der Waals surface area (Å²) in [5.41, 5.74) is 1.67. The summed E-state index contributed by atoms with van der Waals surface area (Å²) in [6.45, 7) is 1.88. The van der Waals surface area contributed by atoms with Crippen molar-refractivity contribution in [2.75, 3.05) is 12.4 Å². The molecule has 4 nitrogen and oxygen atoms in total. The number of anilines is 1. The molecule has 0 saturated heterocycles. The number of hydrogen-bond donors (Lipinski definition) is 1.